The van der Waals surface area contributed by atoms with Gasteiger partial charge in [0, 0.05) is 36.9 Å². The van der Waals surface area contributed by atoms with Crippen LogP contribution in [0.3, 0.4) is 0 Å². The maximum absolute atomic E-state index is 13.2. The van der Waals surface area contributed by atoms with E-state index in [1.807, 2.05) is 36.4 Å². The van der Waals surface area contributed by atoms with Gasteiger partial charge in [0.05, 0.1) is 6.61 Å². The van der Waals surface area contributed by atoms with Gasteiger partial charge < -0.3 is 14.2 Å². The van der Waals surface area contributed by atoms with Crippen LogP contribution in [0, 0.1) is 0 Å². The molecule has 0 saturated heterocycles. The molecular weight excluding hydrogens is 412 g/mol. The van der Waals surface area contributed by atoms with E-state index in [9.17, 15) is 9.59 Å². The fourth-order valence-electron chi connectivity index (χ4n) is 3.29. The number of ether oxygens (including phenoxy) is 3. The van der Waals surface area contributed by atoms with Crippen molar-refractivity contribution in [1.82, 2.24) is 10.0 Å². The van der Waals surface area contributed by atoms with Crippen molar-refractivity contribution in [1.29, 1.82) is 0 Å². The molecule has 0 aliphatic rings. The summed E-state index contributed by atoms with van der Waals surface area (Å²) in [7, 11) is 1.52. The number of carbonyl (C=O) groups excluding carboxylic acids is 2. The van der Waals surface area contributed by atoms with Crippen molar-refractivity contribution in [3.05, 3.63) is 84.2 Å². The zero-order chi connectivity index (χ0) is 22.8. The number of hydrogen-bond acceptors (Lipinski definition) is 6. The molecule has 8 nitrogen and oxygen atoms in total. The Bertz CT molecular complexity index is 1000. The largest absolute Gasteiger partial charge is 0.457 e. The summed E-state index contributed by atoms with van der Waals surface area (Å²) >= 11 is 0. The van der Waals surface area contributed by atoms with Gasteiger partial charge in [0.15, 0.2) is 0 Å². The lowest BCUT2D eigenvalue weighted by atomic mass is 9.99. The molecular formula is C24H26N2O6. The van der Waals surface area contributed by atoms with E-state index in [1.165, 1.54) is 7.11 Å². The van der Waals surface area contributed by atoms with Crippen molar-refractivity contribution >= 4 is 11.8 Å². The lowest BCUT2D eigenvalue weighted by Crippen LogP contribution is -2.22. The average molecular weight is 438 g/mol. The minimum atomic E-state index is -0.500. The number of methoxy groups -OCH3 is 1. The third-order valence-electron chi connectivity index (χ3n) is 4.86. The molecule has 1 atom stereocenters. The van der Waals surface area contributed by atoms with Gasteiger partial charge in [-0.25, -0.2) is 5.48 Å². The van der Waals surface area contributed by atoms with Gasteiger partial charge in [-0.3, -0.25) is 19.4 Å². The van der Waals surface area contributed by atoms with E-state index < -0.39 is 5.91 Å². The van der Waals surface area contributed by atoms with Crippen molar-refractivity contribution in [3.63, 3.8) is 0 Å². The molecule has 0 aliphatic heterocycles. The smallest absolute Gasteiger partial charge is 0.262 e. The molecule has 0 saturated carbocycles. The Labute approximate surface area is 186 Å². The summed E-state index contributed by atoms with van der Waals surface area (Å²) in [4.78, 5) is 24.7. The number of carbonyl (C=O) groups is 2. The van der Waals surface area contributed by atoms with Crippen LogP contribution in [0.1, 0.15) is 34.8 Å². The van der Waals surface area contributed by atoms with Crippen LogP contribution in [0.2, 0.25) is 0 Å². The van der Waals surface area contributed by atoms with Crippen LogP contribution in [-0.2, 0) is 14.3 Å². The highest BCUT2D eigenvalue weighted by Crippen LogP contribution is 2.25. The van der Waals surface area contributed by atoms with Crippen molar-refractivity contribution in [2.75, 3.05) is 20.5 Å². The molecule has 32 heavy (non-hydrogen) atoms. The average Bonchev–Trinajstić information content (AvgIpc) is 3.31. The van der Waals surface area contributed by atoms with Crippen LogP contribution in [0.5, 0.6) is 11.5 Å². The molecule has 0 aliphatic carbocycles. The molecule has 0 spiro atoms. The number of rotatable bonds is 11. The predicted molar refractivity (Wildman–Crippen MR) is 117 cm³/mol. The molecule has 2 aromatic carbocycles. The normalized spacial score (nSPS) is 11.7. The van der Waals surface area contributed by atoms with Crippen LogP contribution in [0.15, 0.2) is 72.9 Å². The third-order valence-corrected chi connectivity index (χ3v) is 4.86. The minimum Gasteiger partial charge on any atom is -0.457 e. The van der Waals surface area contributed by atoms with Crippen LogP contribution in [0.4, 0.5) is 0 Å². The van der Waals surface area contributed by atoms with Crippen molar-refractivity contribution in [2.45, 2.75) is 18.8 Å². The maximum Gasteiger partial charge on any atom is 0.262 e. The fraction of sp³-hybridized carbons (Fsp3) is 0.250. The number of nitrogens with zero attached hydrogens (tertiary/aromatic N) is 1. The highest BCUT2D eigenvalue weighted by molar-refractivity contribution is 5.96. The molecule has 1 amide bonds. The SMILES string of the molecule is COCOCC(CCC(=O)NO)c1cccn1C(=O)c1ccc(Oc2ccccc2)cc1. The minimum absolute atomic E-state index is 0.0857. The van der Waals surface area contributed by atoms with Gasteiger partial charge in [0.1, 0.15) is 18.3 Å². The second-order valence-corrected chi connectivity index (χ2v) is 7.10. The number of para-hydroxylation sites is 1. The first-order valence-electron chi connectivity index (χ1n) is 10.2. The quantitative estimate of drug-likeness (QED) is 0.204. The molecule has 3 aromatic rings. The Kier molecular flexibility index (Phi) is 8.56. The van der Waals surface area contributed by atoms with E-state index >= 15 is 0 Å². The molecule has 3 rings (SSSR count). The van der Waals surface area contributed by atoms with Gasteiger partial charge in [0.2, 0.25) is 5.91 Å². The number of amides is 1. The first-order valence-corrected chi connectivity index (χ1v) is 10.2. The lowest BCUT2D eigenvalue weighted by Gasteiger charge is -2.19. The zero-order valence-electron chi connectivity index (χ0n) is 17.8. The summed E-state index contributed by atoms with van der Waals surface area (Å²) in [6.07, 6.45) is 2.15. The number of aromatic nitrogens is 1. The highest BCUT2D eigenvalue weighted by Gasteiger charge is 2.21. The van der Waals surface area contributed by atoms with E-state index in [1.54, 1.807) is 46.6 Å². The van der Waals surface area contributed by atoms with Crippen molar-refractivity contribution in [2.24, 2.45) is 0 Å². The summed E-state index contributed by atoms with van der Waals surface area (Å²) in [5.74, 6) is 0.383. The first kappa shape index (κ1) is 23.2. The number of hydrogen-bond donors (Lipinski definition) is 2. The number of hydroxylamine groups is 1. The summed E-state index contributed by atoms with van der Waals surface area (Å²) in [6, 6.07) is 19.9. The topological polar surface area (TPSA) is 99.0 Å². The molecule has 8 heteroatoms. The summed E-state index contributed by atoms with van der Waals surface area (Å²) in [6.45, 7) is 0.355. The monoisotopic (exact) mass is 438 g/mol. The standard InChI is InChI=1S/C24H26N2O6/c1-30-17-31-16-19(11-14-23(27)25-29)22-8-5-15-26(22)24(28)18-9-12-21(13-10-18)32-20-6-3-2-4-7-20/h2-10,12-13,15,19,29H,11,14,16-17H2,1H3,(H,25,27). The first-order chi connectivity index (χ1) is 15.6. The van der Waals surface area contributed by atoms with Gasteiger partial charge in [0.25, 0.3) is 5.91 Å². The zero-order valence-corrected chi connectivity index (χ0v) is 17.8. The number of nitrogens with one attached hydrogen (secondary N) is 1. The molecule has 1 heterocycles. The van der Waals surface area contributed by atoms with Gasteiger partial charge >= 0.3 is 0 Å². The van der Waals surface area contributed by atoms with Crippen LogP contribution in [0.25, 0.3) is 0 Å². The van der Waals surface area contributed by atoms with Gasteiger partial charge in [-0.2, -0.15) is 0 Å². The van der Waals surface area contributed by atoms with Crippen LogP contribution in [-0.4, -0.2) is 42.1 Å². The van der Waals surface area contributed by atoms with Gasteiger partial charge in [-0.1, -0.05) is 18.2 Å². The lowest BCUT2D eigenvalue weighted by molar-refractivity contribution is -0.129. The van der Waals surface area contributed by atoms with Crippen molar-refractivity contribution in [3.8, 4) is 11.5 Å². The van der Waals surface area contributed by atoms with E-state index in [2.05, 4.69) is 0 Å². The summed E-state index contributed by atoms with van der Waals surface area (Å²) in [5.41, 5.74) is 2.83. The molecule has 1 aromatic heterocycles. The second-order valence-electron chi connectivity index (χ2n) is 7.10. The molecule has 0 radical (unpaired) electrons. The van der Waals surface area contributed by atoms with E-state index in [0.717, 1.165) is 0 Å². The predicted octanol–water partition coefficient (Wildman–Crippen LogP) is 3.96. The Balaban J connectivity index is 1.75. The van der Waals surface area contributed by atoms with Crippen molar-refractivity contribution < 1.29 is 29.0 Å². The third kappa shape index (κ3) is 6.27. The molecule has 168 valence electrons. The number of benzene rings is 2. The van der Waals surface area contributed by atoms with E-state index in [4.69, 9.17) is 19.4 Å². The molecule has 0 fully saturated rings. The summed E-state index contributed by atoms with van der Waals surface area (Å²) < 4.78 is 17.7. The van der Waals surface area contributed by atoms with Gasteiger partial charge in [-0.15, -0.1) is 0 Å². The Morgan fingerprint density at radius 2 is 1.72 bits per heavy atom. The summed E-state index contributed by atoms with van der Waals surface area (Å²) in [5, 5.41) is 8.78. The molecule has 1 unspecified atom stereocenters. The van der Waals surface area contributed by atoms with Gasteiger partial charge in [-0.05, 0) is 55.0 Å². The Morgan fingerprint density at radius 3 is 2.41 bits per heavy atom. The van der Waals surface area contributed by atoms with Crippen LogP contribution >= 0.6 is 0 Å². The second kappa shape index (κ2) is 11.8. The highest BCUT2D eigenvalue weighted by atomic mass is 16.7. The Hall–Kier alpha value is -3.46. The van der Waals surface area contributed by atoms with E-state index in [-0.39, 0.29) is 31.6 Å². The molecule has 0 bridgehead atoms. The fourth-order valence-corrected chi connectivity index (χ4v) is 3.29. The van der Waals surface area contributed by atoms with E-state index in [0.29, 0.717) is 29.2 Å². The molecule has 2 N–H and O–H groups in total. The van der Waals surface area contributed by atoms with Crippen LogP contribution < -0.4 is 10.2 Å². The maximum atomic E-state index is 13.2. The Morgan fingerprint density at radius 1 is 1.00 bits per heavy atom.